The first-order valence-corrected chi connectivity index (χ1v) is 17.3. The van der Waals surface area contributed by atoms with Gasteiger partial charge < -0.3 is 14.9 Å². The normalized spacial score (nSPS) is 45.5. The number of hydrogen-bond acceptors (Lipinski definition) is 5. The van der Waals surface area contributed by atoms with E-state index in [2.05, 4.69) is 64.5 Å². The molecule has 8 atom stereocenters. The van der Waals surface area contributed by atoms with Crippen molar-refractivity contribution in [2.75, 3.05) is 39.8 Å². The average molecular weight is 589 g/mol. The fraction of sp³-hybridized carbons (Fsp3) is 0.811. The molecule has 1 aromatic heterocycles. The van der Waals surface area contributed by atoms with Crippen LogP contribution in [-0.2, 0) is 16.6 Å². The van der Waals surface area contributed by atoms with Crippen molar-refractivity contribution in [1.29, 1.82) is 0 Å². The van der Waals surface area contributed by atoms with E-state index in [4.69, 9.17) is 9.97 Å². The van der Waals surface area contributed by atoms with Crippen LogP contribution in [0.25, 0.3) is 0 Å². The van der Waals surface area contributed by atoms with Crippen molar-refractivity contribution in [3.8, 4) is 0 Å². The Morgan fingerprint density at radius 2 is 1.63 bits per heavy atom. The van der Waals surface area contributed by atoms with Crippen LogP contribution in [0.1, 0.15) is 104 Å². The van der Waals surface area contributed by atoms with E-state index in [0.717, 1.165) is 88.9 Å². The molecule has 0 aromatic carbocycles. The summed E-state index contributed by atoms with van der Waals surface area (Å²) >= 11 is 0. The summed E-state index contributed by atoms with van der Waals surface area (Å²) in [5.41, 5.74) is 3.65. The zero-order valence-electron chi connectivity index (χ0n) is 28.0. The maximum Gasteiger partial charge on any atom is 0.229 e. The highest BCUT2D eigenvalue weighted by Crippen LogP contribution is 2.75. The van der Waals surface area contributed by atoms with Gasteiger partial charge in [0.05, 0.1) is 23.4 Å². The van der Waals surface area contributed by atoms with E-state index in [1.807, 2.05) is 12.4 Å². The fourth-order valence-corrected chi connectivity index (χ4v) is 12.3. The van der Waals surface area contributed by atoms with Crippen LogP contribution >= 0.6 is 0 Å². The molecule has 5 aliphatic carbocycles. The lowest BCUT2D eigenvalue weighted by Crippen LogP contribution is -2.66. The highest BCUT2D eigenvalue weighted by atomic mass is 16.3. The number of piperazine rings is 1. The van der Waals surface area contributed by atoms with Crippen LogP contribution in [0.2, 0.25) is 0 Å². The van der Waals surface area contributed by atoms with Crippen LogP contribution in [0.5, 0.6) is 0 Å². The number of rotatable bonds is 2. The number of allylic oxidation sites excluding steroid dienone is 2. The molecule has 1 amide bonds. The second-order valence-corrected chi connectivity index (χ2v) is 17.6. The molecular weight excluding hydrogens is 532 g/mol. The average Bonchev–Trinajstić information content (AvgIpc) is 2.97. The number of amides is 1. The second kappa shape index (κ2) is 9.61. The number of aliphatic hydroxyl groups is 1. The van der Waals surface area contributed by atoms with Crippen molar-refractivity contribution in [3.05, 3.63) is 35.4 Å². The third-order valence-electron chi connectivity index (χ3n) is 15.1. The van der Waals surface area contributed by atoms with Gasteiger partial charge in [0.25, 0.3) is 0 Å². The van der Waals surface area contributed by atoms with Gasteiger partial charge in [-0.2, -0.15) is 0 Å². The first-order valence-electron chi connectivity index (χ1n) is 17.3. The summed E-state index contributed by atoms with van der Waals surface area (Å²) in [5, 5.41) is 10.9. The molecule has 6 aliphatic rings. The van der Waals surface area contributed by atoms with Crippen molar-refractivity contribution < 1.29 is 9.90 Å². The molecule has 7 rings (SSSR count). The van der Waals surface area contributed by atoms with Gasteiger partial charge in [0.1, 0.15) is 0 Å². The molecule has 3 saturated carbocycles. The Labute approximate surface area is 260 Å². The number of likely N-dealkylation sites (N-methyl/N-ethyl adjacent to an activating group) is 1. The Morgan fingerprint density at radius 1 is 0.930 bits per heavy atom. The van der Waals surface area contributed by atoms with E-state index in [-0.39, 0.29) is 39.1 Å². The van der Waals surface area contributed by atoms with Crippen LogP contribution in [0, 0.1) is 44.8 Å². The first kappa shape index (κ1) is 29.9. The zero-order chi connectivity index (χ0) is 30.6. The van der Waals surface area contributed by atoms with E-state index < -0.39 is 0 Å². The van der Waals surface area contributed by atoms with Gasteiger partial charge in [-0.15, -0.1) is 0 Å². The number of nitrogens with zero attached hydrogens (tertiary/aromatic N) is 4. The van der Waals surface area contributed by atoms with E-state index in [0.29, 0.717) is 23.7 Å². The van der Waals surface area contributed by atoms with E-state index >= 15 is 0 Å². The summed E-state index contributed by atoms with van der Waals surface area (Å²) in [6, 6.07) is 0. The lowest BCUT2D eigenvalue weighted by molar-refractivity contribution is -0.176. The van der Waals surface area contributed by atoms with Gasteiger partial charge >= 0.3 is 0 Å². The van der Waals surface area contributed by atoms with Crippen LogP contribution in [0.4, 0.5) is 0 Å². The largest absolute Gasteiger partial charge is 0.395 e. The summed E-state index contributed by atoms with van der Waals surface area (Å²) in [5.74, 6) is 1.69. The zero-order valence-corrected chi connectivity index (χ0v) is 28.0. The molecule has 0 unspecified atom stereocenters. The van der Waals surface area contributed by atoms with Crippen molar-refractivity contribution in [1.82, 2.24) is 19.8 Å². The van der Waals surface area contributed by atoms with Gasteiger partial charge in [-0.25, -0.2) is 0 Å². The highest BCUT2D eigenvalue weighted by Gasteiger charge is 2.69. The molecule has 0 bridgehead atoms. The number of carbonyl (C=O) groups is 1. The molecule has 1 saturated heterocycles. The molecule has 6 heteroatoms. The van der Waals surface area contributed by atoms with Gasteiger partial charge in [-0.1, -0.05) is 53.2 Å². The molecule has 1 aliphatic heterocycles. The summed E-state index contributed by atoms with van der Waals surface area (Å²) < 4.78 is 0. The van der Waals surface area contributed by atoms with Crippen molar-refractivity contribution in [2.24, 2.45) is 44.8 Å². The molecular formula is C37H56N4O2. The third kappa shape index (κ3) is 3.93. The predicted molar refractivity (Wildman–Crippen MR) is 170 cm³/mol. The van der Waals surface area contributed by atoms with E-state index in [1.54, 1.807) is 5.57 Å². The lowest BCUT2D eigenvalue weighted by atomic mass is 9.33. The van der Waals surface area contributed by atoms with Crippen LogP contribution < -0.4 is 0 Å². The van der Waals surface area contributed by atoms with E-state index in [1.165, 1.54) is 6.42 Å². The summed E-state index contributed by atoms with van der Waals surface area (Å²) in [4.78, 5) is 29.0. The number of aliphatic hydroxyl groups excluding tert-OH is 1. The lowest BCUT2D eigenvalue weighted by Gasteiger charge is -2.70. The maximum absolute atomic E-state index is 14.7. The van der Waals surface area contributed by atoms with Crippen LogP contribution in [-0.4, -0.2) is 70.6 Å². The van der Waals surface area contributed by atoms with Crippen molar-refractivity contribution >= 4 is 5.91 Å². The Balaban J connectivity index is 1.30. The van der Waals surface area contributed by atoms with E-state index in [9.17, 15) is 9.90 Å². The van der Waals surface area contributed by atoms with Gasteiger partial charge in [-0.3, -0.25) is 14.8 Å². The standard InChI is InChI=1S/C37H56N4O2/c1-32(2)12-14-37(31(43)41-20-18-40(7)19-21-41)15-13-35(5)25(26(37)22-32)8-9-29-33(3)23-27-30(39-17-16-38-27)34(4,24-42)28(33)10-11-36(29,35)6/h8,16-17,26,28-29,42H,9-15,18-24H2,1-7H3/t26-,28+,29+,33-,34-,35+,36+,37-/m0/s1. The van der Waals surface area contributed by atoms with Crippen LogP contribution in [0.15, 0.2) is 24.0 Å². The smallest absolute Gasteiger partial charge is 0.229 e. The topological polar surface area (TPSA) is 69.6 Å². The Hall–Kier alpha value is -1.79. The highest BCUT2D eigenvalue weighted by molar-refractivity contribution is 5.84. The first-order chi connectivity index (χ1) is 20.2. The summed E-state index contributed by atoms with van der Waals surface area (Å²) in [6.07, 6.45) is 16.1. The summed E-state index contributed by atoms with van der Waals surface area (Å²) in [7, 11) is 2.18. The molecule has 4 fully saturated rings. The number of hydrogen-bond donors (Lipinski definition) is 1. The Bertz CT molecular complexity index is 1330. The minimum Gasteiger partial charge on any atom is -0.395 e. The fourth-order valence-electron chi connectivity index (χ4n) is 12.3. The quantitative estimate of drug-likeness (QED) is 0.427. The number of aromatic nitrogens is 2. The SMILES string of the molecule is CN1CCN(C(=O)[C@]23CCC(C)(C)C[C@H]2C2=CC[C@@H]4[C@@]5(C)Cc6nccnc6[C@@](C)(CO)[C@@H]5CC[C@@]4(C)[C@]2(C)CC3)CC1. The van der Waals surface area contributed by atoms with Gasteiger partial charge in [0.15, 0.2) is 0 Å². The minimum absolute atomic E-state index is 0.0363. The minimum atomic E-state index is -0.368. The molecule has 2 heterocycles. The van der Waals surface area contributed by atoms with Gasteiger partial charge in [0.2, 0.25) is 5.91 Å². The predicted octanol–water partition coefficient (Wildman–Crippen LogP) is 6.04. The van der Waals surface area contributed by atoms with Gasteiger partial charge in [0, 0.05) is 44.0 Å². The molecule has 1 aromatic rings. The summed E-state index contributed by atoms with van der Waals surface area (Å²) in [6.45, 7) is 18.7. The monoisotopic (exact) mass is 588 g/mol. The molecule has 6 nitrogen and oxygen atoms in total. The molecule has 43 heavy (non-hydrogen) atoms. The maximum atomic E-state index is 14.7. The Kier molecular flexibility index (Phi) is 6.68. The number of fused-ring (bicyclic) bond motifs is 8. The third-order valence-corrected chi connectivity index (χ3v) is 15.1. The van der Waals surface area contributed by atoms with Gasteiger partial charge in [-0.05, 0) is 104 Å². The molecule has 1 N–H and O–H groups in total. The van der Waals surface area contributed by atoms with Crippen molar-refractivity contribution in [3.63, 3.8) is 0 Å². The molecule has 0 radical (unpaired) electrons. The molecule has 236 valence electrons. The van der Waals surface area contributed by atoms with Crippen molar-refractivity contribution in [2.45, 2.75) is 105 Å². The Morgan fingerprint density at radius 3 is 2.35 bits per heavy atom. The number of carbonyl (C=O) groups excluding carboxylic acids is 1. The molecule has 0 spiro atoms. The second-order valence-electron chi connectivity index (χ2n) is 17.6. The van der Waals surface area contributed by atoms with Crippen LogP contribution in [0.3, 0.4) is 0 Å².